The molecule has 3 atom stereocenters. The van der Waals surface area contributed by atoms with Crippen LogP contribution in [0, 0.1) is 17.8 Å². The van der Waals surface area contributed by atoms with Crippen molar-refractivity contribution < 1.29 is 34.2 Å². The Morgan fingerprint density at radius 2 is 0.848 bits per heavy atom. The molecule has 0 spiro atoms. The molecule has 3 unspecified atom stereocenters. The maximum absolute atomic E-state index is 11.5. The highest BCUT2D eigenvalue weighted by molar-refractivity contribution is 5.69. The van der Waals surface area contributed by atoms with Crippen molar-refractivity contribution in [2.45, 2.75) is 175 Å². The monoisotopic (exact) mass is 652 g/mol. The van der Waals surface area contributed by atoms with Crippen molar-refractivity contribution in [3.8, 4) is 0 Å². The fourth-order valence-electron chi connectivity index (χ4n) is 6.19. The van der Waals surface area contributed by atoms with Crippen LogP contribution in [-0.2, 0) is 14.4 Å². The van der Waals surface area contributed by atoms with E-state index in [1.165, 1.54) is 103 Å². The zero-order chi connectivity index (χ0) is 34.5. The van der Waals surface area contributed by atoms with Crippen LogP contribution in [0.5, 0.6) is 0 Å². The quantitative estimate of drug-likeness (QED) is 0.0407. The van der Waals surface area contributed by atoms with Gasteiger partial charge in [-0.1, -0.05) is 130 Å². The molecule has 46 heavy (non-hydrogen) atoms. The summed E-state index contributed by atoms with van der Waals surface area (Å²) in [6.07, 6.45) is 32.0. The average molecular weight is 652 g/mol. The van der Waals surface area contributed by atoms with Crippen molar-refractivity contribution >= 4 is 17.9 Å². The third-order valence-corrected chi connectivity index (χ3v) is 10.00. The molecule has 0 saturated heterocycles. The Morgan fingerprint density at radius 1 is 0.522 bits per heavy atom. The van der Waals surface area contributed by atoms with Gasteiger partial charge in [0.05, 0.1) is 38.0 Å². The average Bonchev–Trinajstić information content (AvgIpc) is 3.03. The lowest BCUT2D eigenvalue weighted by atomic mass is 10.0. The lowest BCUT2D eigenvalue weighted by Gasteiger charge is -2.41. The largest absolute Gasteiger partial charge is 0.550 e. The molecule has 0 aliphatic rings. The van der Waals surface area contributed by atoms with Crippen LogP contribution in [-0.4, -0.2) is 58.8 Å². The van der Waals surface area contributed by atoms with Gasteiger partial charge in [-0.25, -0.2) is 0 Å². The first-order valence-electron chi connectivity index (χ1n) is 19.2. The first kappa shape index (κ1) is 44.1. The van der Waals surface area contributed by atoms with Gasteiger partial charge in [0.25, 0.3) is 0 Å². The van der Waals surface area contributed by atoms with Gasteiger partial charge in [-0.3, -0.25) is 9.59 Å². The van der Waals surface area contributed by atoms with E-state index in [1.807, 2.05) is 0 Å². The van der Waals surface area contributed by atoms with E-state index in [9.17, 15) is 29.7 Å². The van der Waals surface area contributed by atoms with Gasteiger partial charge in [-0.2, -0.15) is 0 Å². The topological polar surface area (TPSA) is 115 Å². The number of nitrogens with zero attached hydrogens (tertiary/aromatic N) is 1. The van der Waals surface area contributed by atoms with E-state index in [0.717, 1.165) is 32.2 Å². The number of carbonyl (C=O) groups excluding carboxylic acids is 1. The highest BCUT2D eigenvalue weighted by atomic mass is 16.4. The molecule has 7 heteroatoms. The van der Waals surface area contributed by atoms with E-state index in [0.29, 0.717) is 43.4 Å². The fraction of sp³-hybridized carbons (Fsp3) is 0.872. The van der Waals surface area contributed by atoms with Crippen LogP contribution in [0.4, 0.5) is 0 Å². The molecule has 0 amide bonds. The first-order chi connectivity index (χ1) is 22.0. The summed E-state index contributed by atoms with van der Waals surface area (Å²) in [7, 11) is 0. The minimum atomic E-state index is -1.07. The second-order valence-corrected chi connectivity index (χ2v) is 14.4. The first-order valence-corrected chi connectivity index (χ1v) is 19.2. The van der Waals surface area contributed by atoms with Crippen LogP contribution in [0.25, 0.3) is 0 Å². The van der Waals surface area contributed by atoms with E-state index < -0.39 is 35.7 Å². The summed E-state index contributed by atoms with van der Waals surface area (Å²) in [6.45, 7) is 9.98. The zero-order valence-electron chi connectivity index (χ0n) is 30.5. The lowest BCUT2D eigenvalue weighted by Crippen LogP contribution is -2.52. The highest BCUT2D eigenvalue weighted by Gasteiger charge is 2.30. The molecule has 0 aliphatic heterocycles. The molecule has 7 nitrogen and oxygen atoms in total. The van der Waals surface area contributed by atoms with Crippen molar-refractivity contribution in [3.63, 3.8) is 0 Å². The SMILES string of the molecule is CCCCCCCCCCCCCC/C=C/CCCCCCCC[N+](CCC(C)C(=O)[O-])(CCC(C)C(=O)O)CCC(C)C(=O)O. The van der Waals surface area contributed by atoms with Gasteiger partial charge in [0.1, 0.15) is 0 Å². The molecule has 0 aromatic heterocycles. The van der Waals surface area contributed by atoms with Gasteiger partial charge in [0, 0.05) is 31.1 Å². The normalized spacial score (nSPS) is 15.0. The van der Waals surface area contributed by atoms with Crippen LogP contribution < -0.4 is 5.11 Å². The van der Waals surface area contributed by atoms with E-state index in [1.54, 1.807) is 20.8 Å². The minimum Gasteiger partial charge on any atom is -0.550 e. The van der Waals surface area contributed by atoms with E-state index in [2.05, 4.69) is 19.1 Å². The van der Waals surface area contributed by atoms with Gasteiger partial charge >= 0.3 is 11.9 Å². The van der Waals surface area contributed by atoms with Crippen LogP contribution in [0.15, 0.2) is 12.2 Å². The molecule has 0 fully saturated rings. The Bertz CT molecular complexity index is 738. The van der Waals surface area contributed by atoms with Gasteiger partial charge in [0.15, 0.2) is 0 Å². The Balaban J connectivity index is 4.32. The van der Waals surface area contributed by atoms with Crippen LogP contribution in [0.2, 0.25) is 0 Å². The number of quaternary nitrogens is 1. The van der Waals surface area contributed by atoms with Gasteiger partial charge < -0.3 is 24.6 Å². The Hall–Kier alpha value is -1.89. The molecule has 0 aliphatic carbocycles. The van der Waals surface area contributed by atoms with E-state index in [4.69, 9.17) is 0 Å². The number of aliphatic carboxylic acids is 3. The van der Waals surface area contributed by atoms with Crippen LogP contribution in [0.1, 0.15) is 175 Å². The second-order valence-electron chi connectivity index (χ2n) is 14.4. The molecule has 0 aromatic rings. The third kappa shape index (κ3) is 25.2. The van der Waals surface area contributed by atoms with E-state index >= 15 is 0 Å². The Labute approximate surface area is 283 Å². The van der Waals surface area contributed by atoms with Crippen molar-refractivity contribution in [1.82, 2.24) is 0 Å². The molecule has 2 N–H and O–H groups in total. The number of carboxylic acid groups (broad SMARTS) is 3. The predicted molar refractivity (Wildman–Crippen MR) is 189 cm³/mol. The maximum Gasteiger partial charge on any atom is 0.306 e. The molecular formula is C39H73NO6. The maximum atomic E-state index is 11.5. The van der Waals surface area contributed by atoms with Crippen molar-refractivity contribution in [1.29, 1.82) is 0 Å². The van der Waals surface area contributed by atoms with Gasteiger partial charge in [-0.05, 0) is 38.5 Å². The van der Waals surface area contributed by atoms with Crippen molar-refractivity contribution in [2.75, 3.05) is 26.2 Å². The van der Waals surface area contributed by atoms with Crippen molar-refractivity contribution in [3.05, 3.63) is 12.2 Å². The molecule has 0 heterocycles. The lowest BCUT2D eigenvalue weighted by molar-refractivity contribution is -0.929. The van der Waals surface area contributed by atoms with Crippen LogP contribution >= 0.6 is 0 Å². The summed E-state index contributed by atoms with van der Waals surface area (Å²) >= 11 is 0. The zero-order valence-corrected chi connectivity index (χ0v) is 30.5. The molecule has 0 aromatic carbocycles. The Morgan fingerprint density at radius 3 is 1.20 bits per heavy atom. The summed E-state index contributed by atoms with van der Waals surface area (Å²) in [5.41, 5.74) is 0. The highest BCUT2D eigenvalue weighted by Crippen LogP contribution is 2.22. The number of carboxylic acids is 3. The molecule has 0 rings (SSSR count). The third-order valence-electron chi connectivity index (χ3n) is 10.00. The van der Waals surface area contributed by atoms with E-state index in [-0.39, 0.29) is 0 Å². The smallest absolute Gasteiger partial charge is 0.306 e. The summed E-state index contributed by atoms with van der Waals surface area (Å²) in [5.74, 6) is -4.32. The summed E-state index contributed by atoms with van der Waals surface area (Å²) < 4.78 is 0.580. The number of unbranched alkanes of at least 4 members (excludes halogenated alkanes) is 18. The number of rotatable bonds is 34. The number of allylic oxidation sites excluding steroid dienone is 2. The summed E-state index contributed by atoms with van der Waals surface area (Å²) in [4.78, 5) is 34.4. The summed E-state index contributed by atoms with van der Waals surface area (Å²) in [5, 5.41) is 30.3. The minimum absolute atomic E-state index is 0.443. The number of hydrogen-bond donors (Lipinski definition) is 2. The second kappa shape index (κ2) is 29.3. The molecular weight excluding hydrogens is 578 g/mol. The molecule has 0 bridgehead atoms. The number of hydrogen-bond acceptors (Lipinski definition) is 4. The predicted octanol–water partition coefficient (Wildman–Crippen LogP) is 9.18. The molecule has 270 valence electrons. The fourth-order valence-corrected chi connectivity index (χ4v) is 6.19. The number of carbonyl (C=O) groups is 3. The standard InChI is InChI=1S/C39H73NO6/c1-5-6-7-8-9-10-11-12-13-14-15-16-17-18-19-20-21-22-23-24-25-26-30-40(31-27-34(2)37(41)42,32-28-35(3)38(43)44)33-29-36(4)39(45)46/h18-19,34-36H,5-17,20-33H2,1-4H3,(H2-,41,42,43,44,45,46)/b19-18+. The molecule has 0 saturated carbocycles. The molecule has 0 radical (unpaired) electrons. The summed E-state index contributed by atoms with van der Waals surface area (Å²) in [6, 6.07) is 0. The van der Waals surface area contributed by atoms with Crippen LogP contribution in [0.3, 0.4) is 0 Å². The van der Waals surface area contributed by atoms with Crippen molar-refractivity contribution in [2.24, 2.45) is 17.8 Å². The van der Waals surface area contributed by atoms with Gasteiger partial charge in [-0.15, -0.1) is 0 Å². The Kier molecular flexibility index (Phi) is 28.1. The van der Waals surface area contributed by atoms with Gasteiger partial charge in [0.2, 0.25) is 0 Å².